The van der Waals surface area contributed by atoms with Crippen LogP contribution in [0, 0.1) is 0 Å². The first-order chi connectivity index (χ1) is 9.56. The topological polar surface area (TPSA) is 65.8 Å². The summed E-state index contributed by atoms with van der Waals surface area (Å²) in [6.45, 7) is 5.34. The fraction of sp³-hybridized carbons (Fsp3) is 0.357. The molecule has 2 aromatic rings. The van der Waals surface area contributed by atoms with Gasteiger partial charge in [-0.2, -0.15) is 5.10 Å². The second-order valence-electron chi connectivity index (χ2n) is 4.52. The van der Waals surface area contributed by atoms with E-state index in [2.05, 4.69) is 12.0 Å². The van der Waals surface area contributed by atoms with Gasteiger partial charge < -0.3 is 10.3 Å². The van der Waals surface area contributed by atoms with E-state index in [4.69, 9.17) is 18.0 Å². The lowest BCUT2D eigenvalue weighted by molar-refractivity contribution is 0.589. The summed E-state index contributed by atoms with van der Waals surface area (Å²) in [4.78, 5) is 12.4. The summed E-state index contributed by atoms with van der Waals surface area (Å²) in [6, 6.07) is 5.46. The lowest BCUT2D eigenvalue weighted by Gasteiger charge is -2.08. The molecule has 0 saturated carbocycles. The summed E-state index contributed by atoms with van der Waals surface area (Å²) in [5.74, 6) is 0. The molecule has 20 heavy (non-hydrogen) atoms. The van der Waals surface area contributed by atoms with Crippen molar-refractivity contribution in [3.63, 3.8) is 0 Å². The standard InChI is InChI=1S/C14H18N4OS/c1-3-10-8-11(18(4-2)16-10)9-17-7-5-6-12(13(15)20)14(17)19/h5-8H,3-4,9H2,1-2H3,(H2,15,20). The molecule has 0 aliphatic rings. The Balaban J connectivity index is 2.40. The highest BCUT2D eigenvalue weighted by Gasteiger charge is 2.10. The van der Waals surface area contributed by atoms with Gasteiger partial charge in [-0.15, -0.1) is 0 Å². The van der Waals surface area contributed by atoms with E-state index in [1.807, 2.05) is 17.7 Å². The van der Waals surface area contributed by atoms with Crippen molar-refractivity contribution in [3.8, 4) is 0 Å². The molecule has 2 heterocycles. The third-order valence-electron chi connectivity index (χ3n) is 3.19. The number of nitrogens with two attached hydrogens (primary N) is 1. The van der Waals surface area contributed by atoms with Crippen molar-refractivity contribution < 1.29 is 0 Å². The maximum atomic E-state index is 12.3. The number of hydrogen-bond acceptors (Lipinski definition) is 3. The average molecular weight is 290 g/mol. The van der Waals surface area contributed by atoms with Crippen LogP contribution >= 0.6 is 12.2 Å². The highest BCUT2D eigenvalue weighted by atomic mass is 32.1. The second-order valence-corrected chi connectivity index (χ2v) is 4.96. The molecule has 0 amide bonds. The summed E-state index contributed by atoms with van der Waals surface area (Å²) in [5.41, 5.74) is 7.80. The predicted molar refractivity (Wildman–Crippen MR) is 83.0 cm³/mol. The van der Waals surface area contributed by atoms with Crippen molar-refractivity contribution in [1.82, 2.24) is 14.3 Å². The monoisotopic (exact) mass is 290 g/mol. The van der Waals surface area contributed by atoms with Crippen LogP contribution in [0.25, 0.3) is 0 Å². The van der Waals surface area contributed by atoms with Crippen LogP contribution in [0.5, 0.6) is 0 Å². The van der Waals surface area contributed by atoms with Crippen molar-refractivity contribution >= 4 is 17.2 Å². The van der Waals surface area contributed by atoms with E-state index in [1.165, 1.54) is 0 Å². The molecule has 0 fully saturated rings. The van der Waals surface area contributed by atoms with Gasteiger partial charge in [-0.1, -0.05) is 19.1 Å². The van der Waals surface area contributed by atoms with Crippen LogP contribution in [0.4, 0.5) is 0 Å². The Labute approximate surface area is 123 Å². The minimum absolute atomic E-state index is 0.127. The van der Waals surface area contributed by atoms with Gasteiger partial charge >= 0.3 is 0 Å². The predicted octanol–water partition coefficient (Wildman–Crippen LogP) is 1.31. The minimum Gasteiger partial charge on any atom is -0.389 e. The van der Waals surface area contributed by atoms with Crippen LogP contribution in [0.15, 0.2) is 29.2 Å². The van der Waals surface area contributed by atoms with Crippen molar-refractivity contribution in [2.75, 3.05) is 0 Å². The van der Waals surface area contributed by atoms with E-state index in [9.17, 15) is 4.79 Å². The number of pyridine rings is 1. The van der Waals surface area contributed by atoms with Crippen LogP contribution in [-0.4, -0.2) is 19.3 Å². The molecule has 2 rings (SSSR count). The summed E-state index contributed by atoms with van der Waals surface area (Å²) in [6.07, 6.45) is 2.62. The Bertz CT molecular complexity index is 687. The Morgan fingerprint density at radius 3 is 2.80 bits per heavy atom. The quantitative estimate of drug-likeness (QED) is 0.843. The largest absolute Gasteiger partial charge is 0.389 e. The molecule has 0 unspecified atom stereocenters. The highest BCUT2D eigenvalue weighted by molar-refractivity contribution is 7.80. The van der Waals surface area contributed by atoms with Crippen LogP contribution in [0.3, 0.4) is 0 Å². The minimum atomic E-state index is -0.165. The Morgan fingerprint density at radius 1 is 1.45 bits per heavy atom. The van der Waals surface area contributed by atoms with Crippen molar-refractivity contribution in [2.24, 2.45) is 5.73 Å². The van der Waals surface area contributed by atoms with Crippen LogP contribution < -0.4 is 11.3 Å². The number of rotatable bonds is 5. The van der Waals surface area contributed by atoms with E-state index < -0.39 is 0 Å². The number of nitrogens with zero attached hydrogens (tertiary/aromatic N) is 3. The second kappa shape index (κ2) is 6.00. The van der Waals surface area contributed by atoms with Gasteiger partial charge in [0.1, 0.15) is 4.99 Å². The summed E-state index contributed by atoms with van der Waals surface area (Å²) < 4.78 is 3.52. The number of thiocarbonyl (C=S) groups is 1. The summed E-state index contributed by atoms with van der Waals surface area (Å²) in [7, 11) is 0. The van der Waals surface area contributed by atoms with Crippen molar-refractivity contribution in [3.05, 3.63) is 51.7 Å². The summed E-state index contributed by atoms with van der Waals surface area (Å²) in [5, 5.41) is 4.48. The highest BCUT2D eigenvalue weighted by Crippen LogP contribution is 2.07. The van der Waals surface area contributed by atoms with Crippen LogP contribution in [0.2, 0.25) is 0 Å². The number of aromatic nitrogens is 3. The fourth-order valence-corrected chi connectivity index (χ4v) is 2.27. The smallest absolute Gasteiger partial charge is 0.261 e. The third kappa shape index (κ3) is 2.80. The van der Waals surface area contributed by atoms with Crippen molar-refractivity contribution in [1.29, 1.82) is 0 Å². The maximum Gasteiger partial charge on any atom is 0.261 e. The molecule has 0 aliphatic heterocycles. The molecule has 0 radical (unpaired) electrons. The van der Waals surface area contributed by atoms with Gasteiger partial charge in [0.25, 0.3) is 5.56 Å². The zero-order chi connectivity index (χ0) is 14.7. The molecule has 0 aromatic carbocycles. The van der Waals surface area contributed by atoms with Gasteiger partial charge in [-0.3, -0.25) is 9.48 Å². The Hall–Kier alpha value is -1.95. The van der Waals surface area contributed by atoms with Gasteiger partial charge in [-0.25, -0.2) is 0 Å². The molecule has 0 spiro atoms. The van der Waals surface area contributed by atoms with Crippen molar-refractivity contribution in [2.45, 2.75) is 33.4 Å². The molecular formula is C14H18N4OS. The molecule has 0 saturated heterocycles. The van der Waals surface area contributed by atoms with E-state index in [-0.39, 0.29) is 10.5 Å². The molecule has 0 atom stereocenters. The first kappa shape index (κ1) is 14.5. The van der Waals surface area contributed by atoms with Gasteiger partial charge in [-0.05, 0) is 31.5 Å². The molecule has 0 aliphatic carbocycles. The SMILES string of the molecule is CCc1cc(Cn2cccc(C(N)=S)c2=O)n(CC)n1. The van der Waals surface area contributed by atoms with Crippen LogP contribution in [-0.2, 0) is 19.5 Å². The van der Waals surface area contributed by atoms with E-state index in [0.717, 1.165) is 24.4 Å². The van der Waals surface area contributed by atoms with Gasteiger partial charge in [0.15, 0.2) is 0 Å². The average Bonchev–Trinajstić information content (AvgIpc) is 2.83. The zero-order valence-electron chi connectivity index (χ0n) is 11.7. The van der Waals surface area contributed by atoms with Gasteiger partial charge in [0, 0.05) is 12.7 Å². The molecule has 2 N–H and O–H groups in total. The fourth-order valence-electron chi connectivity index (χ4n) is 2.11. The molecule has 0 bridgehead atoms. The van der Waals surface area contributed by atoms with Crippen LogP contribution in [0.1, 0.15) is 30.8 Å². The van der Waals surface area contributed by atoms with Gasteiger partial charge in [0.05, 0.1) is 23.5 Å². The molecule has 2 aromatic heterocycles. The first-order valence-electron chi connectivity index (χ1n) is 6.61. The lowest BCUT2D eigenvalue weighted by Crippen LogP contribution is -2.29. The molecule has 106 valence electrons. The zero-order valence-corrected chi connectivity index (χ0v) is 12.5. The first-order valence-corrected chi connectivity index (χ1v) is 7.02. The van der Waals surface area contributed by atoms with E-state index in [0.29, 0.717) is 12.1 Å². The molecular weight excluding hydrogens is 272 g/mol. The Kier molecular flexibility index (Phi) is 4.34. The third-order valence-corrected chi connectivity index (χ3v) is 3.41. The molecule has 5 nitrogen and oxygen atoms in total. The van der Waals surface area contributed by atoms with Gasteiger partial charge in [0.2, 0.25) is 0 Å². The maximum absolute atomic E-state index is 12.3. The number of hydrogen-bond donors (Lipinski definition) is 1. The van der Waals surface area contributed by atoms with E-state index in [1.54, 1.807) is 22.9 Å². The lowest BCUT2D eigenvalue weighted by atomic mass is 10.2. The molecule has 6 heteroatoms. The number of aryl methyl sites for hydroxylation is 2. The normalized spacial score (nSPS) is 10.7. The Morgan fingerprint density at radius 2 is 2.20 bits per heavy atom. The van der Waals surface area contributed by atoms with E-state index >= 15 is 0 Å². The summed E-state index contributed by atoms with van der Waals surface area (Å²) >= 11 is 4.89.